The van der Waals surface area contributed by atoms with E-state index in [4.69, 9.17) is 19.2 Å². The fraction of sp³-hybridized carbons (Fsp3) is 0.527. The molecule has 2 aromatic heterocycles. The number of rotatable bonds is 12. The third-order valence-electron chi connectivity index (χ3n) is 17.0. The van der Waals surface area contributed by atoms with Crippen LogP contribution in [0.4, 0.5) is 28.4 Å². The Kier molecular flexibility index (Phi) is 13.4. The minimum absolute atomic E-state index is 0.100. The predicted octanol–water partition coefficient (Wildman–Crippen LogP) is 8.82. The average Bonchev–Trinajstić information content (AvgIpc) is 3.78. The first-order valence-electron chi connectivity index (χ1n) is 26.3. The van der Waals surface area contributed by atoms with Crippen molar-refractivity contribution in [2.75, 3.05) is 74.3 Å². The SMILES string of the molecule is CC(C)c1ccccc1[C@@H]1COCCN1C1CC2(CCN(c3ccc(C(=O)NS(=O)(=O)c4ccc(NCC5CCC(C)(O)CC5)c([N+](=O)[O-])c4)c(N4c5cc6cc[nH]c6nc5OC[C@@H]5COCC[C@H]54)c3)CC2)C1. The quantitative estimate of drug-likeness (QED) is 0.0681. The molecule has 0 radical (unpaired) electrons. The Hall–Kier alpha value is -5.79. The second-order valence-electron chi connectivity index (χ2n) is 22.2. The number of fused-ring (bicyclic) bond motifs is 3. The number of anilines is 4. The molecular weight excluding hydrogens is 949 g/mol. The lowest BCUT2D eigenvalue weighted by atomic mass is 9.59. The van der Waals surface area contributed by atoms with Gasteiger partial charge in [0.25, 0.3) is 21.6 Å². The number of ether oxygens (including phenoxy) is 3. The number of nitro groups is 1. The van der Waals surface area contributed by atoms with Crippen LogP contribution in [0, 0.1) is 27.4 Å². The number of carbonyl (C=O) groups excluding carboxylic acids is 1. The van der Waals surface area contributed by atoms with Crippen LogP contribution in [0.2, 0.25) is 0 Å². The molecule has 73 heavy (non-hydrogen) atoms. The highest BCUT2D eigenvalue weighted by Gasteiger charge is 2.50. The largest absolute Gasteiger partial charge is 0.476 e. The van der Waals surface area contributed by atoms with Gasteiger partial charge in [-0.15, -0.1) is 0 Å². The second kappa shape index (κ2) is 19.8. The number of pyridine rings is 1. The van der Waals surface area contributed by atoms with E-state index in [2.05, 4.69) is 67.8 Å². The molecule has 2 aliphatic carbocycles. The number of sulfonamides is 1. The molecule has 4 aliphatic heterocycles. The lowest BCUT2D eigenvalue weighted by Crippen LogP contribution is -2.58. The molecule has 1 amide bonds. The van der Waals surface area contributed by atoms with E-state index < -0.39 is 37.0 Å². The Morgan fingerprint density at radius 3 is 2.49 bits per heavy atom. The molecule has 6 aliphatic rings. The number of hydrogen-bond acceptors (Lipinski definition) is 14. The third-order valence-corrected chi connectivity index (χ3v) is 18.4. The molecule has 3 atom stereocenters. The van der Waals surface area contributed by atoms with Gasteiger partial charge in [0.15, 0.2) is 0 Å². The minimum Gasteiger partial charge on any atom is -0.476 e. The summed E-state index contributed by atoms with van der Waals surface area (Å²) in [6, 6.07) is 22.6. The molecule has 1 spiro atoms. The third kappa shape index (κ3) is 9.88. The lowest BCUT2D eigenvalue weighted by Gasteiger charge is -2.57. The molecule has 6 heterocycles. The molecule has 5 aromatic rings. The molecule has 3 aromatic carbocycles. The minimum atomic E-state index is -4.63. The summed E-state index contributed by atoms with van der Waals surface area (Å²) in [5.41, 5.74) is 4.90. The van der Waals surface area contributed by atoms with Crippen LogP contribution in [0.3, 0.4) is 0 Å². The maximum absolute atomic E-state index is 14.8. The van der Waals surface area contributed by atoms with Gasteiger partial charge < -0.3 is 39.4 Å². The lowest BCUT2D eigenvalue weighted by molar-refractivity contribution is -0.384. The van der Waals surface area contributed by atoms with Gasteiger partial charge in [-0.1, -0.05) is 38.1 Å². The van der Waals surface area contributed by atoms with Crippen molar-refractivity contribution in [3.63, 3.8) is 0 Å². The van der Waals surface area contributed by atoms with Crippen molar-refractivity contribution in [2.24, 2.45) is 17.3 Å². The number of hydrogen-bond donors (Lipinski definition) is 4. The van der Waals surface area contributed by atoms with Crippen LogP contribution in [-0.2, 0) is 19.5 Å². The number of benzene rings is 3. The zero-order chi connectivity index (χ0) is 50.6. The predicted molar refractivity (Wildman–Crippen MR) is 279 cm³/mol. The van der Waals surface area contributed by atoms with Crippen LogP contribution in [0.25, 0.3) is 11.0 Å². The first-order chi connectivity index (χ1) is 35.1. The van der Waals surface area contributed by atoms with Gasteiger partial charge >= 0.3 is 0 Å². The van der Waals surface area contributed by atoms with Gasteiger partial charge in [0.05, 0.1) is 59.1 Å². The summed E-state index contributed by atoms with van der Waals surface area (Å²) in [7, 11) is -4.63. The van der Waals surface area contributed by atoms with Gasteiger partial charge in [0.2, 0.25) is 5.88 Å². The summed E-state index contributed by atoms with van der Waals surface area (Å²) >= 11 is 0. The summed E-state index contributed by atoms with van der Waals surface area (Å²) in [4.78, 5) is 41.4. The van der Waals surface area contributed by atoms with Crippen molar-refractivity contribution < 1.29 is 37.5 Å². The Balaban J connectivity index is 0.874. The number of amides is 1. The summed E-state index contributed by atoms with van der Waals surface area (Å²) in [5, 5.41) is 26.8. The van der Waals surface area contributed by atoms with E-state index in [1.165, 1.54) is 23.3 Å². The summed E-state index contributed by atoms with van der Waals surface area (Å²) in [6.45, 7) is 12.1. The van der Waals surface area contributed by atoms with Crippen LogP contribution < -0.4 is 24.6 Å². The molecule has 17 nitrogen and oxygen atoms in total. The van der Waals surface area contributed by atoms with Crippen molar-refractivity contribution in [1.82, 2.24) is 19.6 Å². The van der Waals surface area contributed by atoms with Gasteiger partial charge in [-0.2, -0.15) is 4.98 Å². The van der Waals surface area contributed by atoms with Crippen LogP contribution in [0.1, 0.15) is 112 Å². The first-order valence-corrected chi connectivity index (χ1v) is 27.7. The van der Waals surface area contributed by atoms with E-state index in [0.29, 0.717) is 87.1 Å². The number of nitro benzene ring substituents is 1. The van der Waals surface area contributed by atoms with Crippen molar-refractivity contribution in [3.05, 3.63) is 106 Å². The number of H-pyrrole nitrogens is 1. The zero-order valence-corrected chi connectivity index (χ0v) is 42.9. The number of aromatic nitrogens is 2. The average molecular weight is 1020 g/mol. The molecule has 5 fully saturated rings. The molecule has 2 saturated carbocycles. The van der Waals surface area contributed by atoms with E-state index in [9.17, 15) is 28.4 Å². The van der Waals surface area contributed by atoms with Gasteiger partial charge in [-0.05, 0) is 136 Å². The fourth-order valence-electron chi connectivity index (χ4n) is 12.8. The molecular formula is C55H68N8O9S. The number of nitrogens with one attached hydrogen (secondary N) is 3. The van der Waals surface area contributed by atoms with E-state index >= 15 is 0 Å². The van der Waals surface area contributed by atoms with E-state index in [0.717, 1.165) is 81.9 Å². The summed E-state index contributed by atoms with van der Waals surface area (Å²) in [6.07, 6.45) is 9.57. The maximum Gasteiger partial charge on any atom is 0.293 e. The van der Waals surface area contributed by atoms with Gasteiger partial charge in [0, 0.05) is 74.1 Å². The molecule has 11 rings (SSSR count). The Labute approximate surface area is 427 Å². The highest BCUT2D eigenvalue weighted by Crippen LogP contribution is 2.54. The molecule has 0 bridgehead atoms. The highest BCUT2D eigenvalue weighted by atomic mass is 32.2. The maximum atomic E-state index is 14.8. The van der Waals surface area contributed by atoms with E-state index in [-0.39, 0.29) is 40.6 Å². The normalized spacial score (nSPS) is 25.6. The second-order valence-corrected chi connectivity index (χ2v) is 23.8. The number of carbonyl (C=O) groups is 1. The molecule has 4 N–H and O–H groups in total. The summed E-state index contributed by atoms with van der Waals surface area (Å²) in [5.74, 6) is 0.0386. The first kappa shape index (κ1) is 49.4. The van der Waals surface area contributed by atoms with Gasteiger partial charge in [-0.25, -0.2) is 13.1 Å². The molecule has 18 heteroatoms. The van der Waals surface area contributed by atoms with Crippen molar-refractivity contribution in [3.8, 4) is 5.88 Å². The monoisotopic (exact) mass is 1020 g/mol. The van der Waals surface area contributed by atoms with Crippen LogP contribution in [-0.4, -0.2) is 116 Å². The van der Waals surface area contributed by atoms with Gasteiger partial charge in [0.1, 0.15) is 17.0 Å². The highest BCUT2D eigenvalue weighted by molar-refractivity contribution is 7.90. The van der Waals surface area contributed by atoms with Crippen LogP contribution >= 0.6 is 0 Å². The van der Waals surface area contributed by atoms with E-state index in [1.807, 2.05) is 37.4 Å². The molecule has 388 valence electrons. The molecule has 0 unspecified atom stereocenters. The van der Waals surface area contributed by atoms with Crippen LogP contribution in [0.15, 0.2) is 83.9 Å². The Bertz CT molecular complexity index is 2970. The number of aliphatic hydroxyl groups is 1. The summed E-state index contributed by atoms with van der Waals surface area (Å²) < 4.78 is 49.3. The standard InChI is InChI=1S/C55H68N8O9S/c1-35(2)42-6-4-5-7-43(42)50-34-71-25-23-61(50)40-29-55(30-40)18-21-60(22-19-55)39-8-10-44(47(27-39)62-46-15-24-70-32-38(46)33-72-53-49(62)26-37-14-20-56-51(37)58-53)52(64)59-73(68,69)41-9-11-45(48(28-41)63(66)67)57-31-36-12-16-54(3,65)17-13-36/h4-11,14,20,26-28,35-36,38,40,46,50,57,65H,12-13,15-19,21-25,29-34H2,1-3H3,(H,56,58)(H,59,64)/t36?,38-,46+,50-,54?/m0/s1. The zero-order valence-electron chi connectivity index (χ0n) is 42.1. The van der Waals surface area contributed by atoms with Crippen molar-refractivity contribution in [1.29, 1.82) is 0 Å². The molecule has 3 saturated heterocycles. The topological polar surface area (TPSA) is 205 Å². The van der Waals surface area contributed by atoms with Gasteiger partial charge in [-0.3, -0.25) is 19.8 Å². The van der Waals surface area contributed by atoms with Crippen LogP contribution in [0.5, 0.6) is 5.88 Å². The van der Waals surface area contributed by atoms with Crippen molar-refractivity contribution >= 4 is 55.4 Å². The number of piperidine rings is 1. The smallest absolute Gasteiger partial charge is 0.293 e. The number of morpholine rings is 1. The number of aromatic amines is 1. The van der Waals surface area contributed by atoms with E-state index in [1.54, 1.807) is 6.07 Å². The Morgan fingerprint density at radius 2 is 1.71 bits per heavy atom. The Morgan fingerprint density at radius 1 is 0.932 bits per heavy atom. The number of nitrogens with zero attached hydrogens (tertiary/aromatic N) is 5. The van der Waals surface area contributed by atoms with Crippen molar-refractivity contribution in [2.45, 2.75) is 113 Å². The fourth-order valence-corrected chi connectivity index (χ4v) is 13.7.